The van der Waals surface area contributed by atoms with Gasteiger partial charge in [0.2, 0.25) is 0 Å². The third kappa shape index (κ3) is 3.95. The number of furan rings is 1. The Hall–Kier alpha value is -1.59. The summed E-state index contributed by atoms with van der Waals surface area (Å²) in [4.78, 5) is 10.7. The van der Waals surface area contributed by atoms with Gasteiger partial charge in [-0.3, -0.25) is 0 Å². The molecule has 20 heavy (non-hydrogen) atoms. The molecule has 0 aliphatic carbocycles. The molecule has 108 valence electrons. The van der Waals surface area contributed by atoms with Gasteiger partial charge in [-0.05, 0) is 26.0 Å². The first-order valence-corrected chi connectivity index (χ1v) is 6.99. The van der Waals surface area contributed by atoms with Crippen LogP contribution >= 0.6 is 11.6 Å². The monoisotopic (exact) mass is 295 g/mol. The smallest absolute Gasteiger partial charge is 0.158 e. The number of anilines is 1. The number of hydrogen-bond donors (Lipinski definition) is 0. The Kier molecular flexibility index (Phi) is 5.38. The van der Waals surface area contributed by atoms with Crippen LogP contribution in [0.1, 0.15) is 25.4 Å². The third-order valence-corrected chi connectivity index (χ3v) is 2.99. The molecule has 0 aromatic carbocycles. The first kappa shape index (κ1) is 14.8. The molecule has 2 aromatic heterocycles. The van der Waals surface area contributed by atoms with Crippen LogP contribution in [0.2, 0.25) is 5.15 Å². The average molecular weight is 296 g/mol. The Morgan fingerprint density at radius 1 is 1.35 bits per heavy atom. The SMILES string of the molecule is CCOCc1nc(Cl)cc(N(CC)Cc2ccco2)n1. The maximum atomic E-state index is 6.06. The molecule has 0 bridgehead atoms. The molecule has 5 nitrogen and oxygen atoms in total. The molecule has 0 amide bonds. The summed E-state index contributed by atoms with van der Waals surface area (Å²) in [6, 6.07) is 5.56. The molecular weight excluding hydrogens is 278 g/mol. The molecule has 2 rings (SSSR count). The van der Waals surface area contributed by atoms with Crippen LogP contribution in [0, 0.1) is 0 Å². The van der Waals surface area contributed by atoms with E-state index in [1.54, 1.807) is 12.3 Å². The van der Waals surface area contributed by atoms with Crippen molar-refractivity contribution in [2.24, 2.45) is 0 Å². The van der Waals surface area contributed by atoms with Crippen LogP contribution in [0.15, 0.2) is 28.9 Å². The van der Waals surface area contributed by atoms with Crippen molar-refractivity contribution in [2.45, 2.75) is 27.0 Å². The summed E-state index contributed by atoms with van der Waals surface area (Å²) < 4.78 is 10.7. The van der Waals surface area contributed by atoms with E-state index in [-0.39, 0.29) is 0 Å². The summed E-state index contributed by atoms with van der Waals surface area (Å²) in [7, 11) is 0. The summed E-state index contributed by atoms with van der Waals surface area (Å²) in [5.74, 6) is 2.25. The first-order chi connectivity index (χ1) is 9.72. The molecule has 0 aliphatic rings. The quantitative estimate of drug-likeness (QED) is 0.734. The van der Waals surface area contributed by atoms with Crippen molar-refractivity contribution >= 4 is 17.4 Å². The lowest BCUT2D eigenvalue weighted by atomic mass is 10.3. The molecule has 0 aliphatic heterocycles. The van der Waals surface area contributed by atoms with E-state index in [2.05, 4.69) is 21.8 Å². The van der Waals surface area contributed by atoms with Gasteiger partial charge < -0.3 is 14.1 Å². The Bertz CT molecular complexity index is 531. The number of aromatic nitrogens is 2. The van der Waals surface area contributed by atoms with Gasteiger partial charge in [0.15, 0.2) is 5.82 Å². The van der Waals surface area contributed by atoms with E-state index in [4.69, 9.17) is 20.8 Å². The zero-order chi connectivity index (χ0) is 14.4. The van der Waals surface area contributed by atoms with Crippen molar-refractivity contribution < 1.29 is 9.15 Å². The van der Waals surface area contributed by atoms with Crippen LogP contribution < -0.4 is 4.90 Å². The summed E-state index contributed by atoms with van der Waals surface area (Å²) >= 11 is 6.06. The lowest BCUT2D eigenvalue weighted by molar-refractivity contribution is 0.128. The van der Waals surface area contributed by atoms with E-state index in [0.29, 0.717) is 30.7 Å². The van der Waals surface area contributed by atoms with Crippen LogP contribution in [0.4, 0.5) is 5.82 Å². The van der Waals surface area contributed by atoms with Crippen LogP contribution in [0.25, 0.3) is 0 Å². The van der Waals surface area contributed by atoms with E-state index in [1.807, 2.05) is 19.1 Å². The van der Waals surface area contributed by atoms with Crippen LogP contribution in [0.5, 0.6) is 0 Å². The molecule has 0 spiro atoms. The highest BCUT2D eigenvalue weighted by Gasteiger charge is 2.11. The van der Waals surface area contributed by atoms with Gasteiger partial charge >= 0.3 is 0 Å². The van der Waals surface area contributed by atoms with Gasteiger partial charge in [0.1, 0.15) is 23.3 Å². The second kappa shape index (κ2) is 7.26. The number of rotatable bonds is 7. The Morgan fingerprint density at radius 2 is 2.20 bits per heavy atom. The van der Waals surface area contributed by atoms with Crippen LogP contribution in [-0.4, -0.2) is 23.1 Å². The Balaban J connectivity index is 2.17. The number of halogens is 1. The second-order valence-corrected chi connectivity index (χ2v) is 4.58. The molecule has 0 saturated heterocycles. The van der Waals surface area contributed by atoms with Crippen LogP contribution in [0.3, 0.4) is 0 Å². The van der Waals surface area contributed by atoms with Crippen LogP contribution in [-0.2, 0) is 17.9 Å². The average Bonchev–Trinajstić information content (AvgIpc) is 2.95. The van der Waals surface area contributed by atoms with Gasteiger partial charge in [-0.15, -0.1) is 0 Å². The number of ether oxygens (including phenoxy) is 1. The molecular formula is C14H18ClN3O2. The topological polar surface area (TPSA) is 51.4 Å². The zero-order valence-electron chi connectivity index (χ0n) is 11.7. The largest absolute Gasteiger partial charge is 0.467 e. The molecule has 2 aromatic rings. The summed E-state index contributed by atoms with van der Waals surface area (Å²) in [5, 5.41) is 0.419. The number of hydrogen-bond acceptors (Lipinski definition) is 5. The van der Waals surface area contributed by atoms with Crippen molar-refractivity contribution in [1.29, 1.82) is 0 Å². The van der Waals surface area contributed by atoms with Gasteiger partial charge in [-0.2, -0.15) is 0 Å². The van der Waals surface area contributed by atoms with Crippen molar-refractivity contribution in [3.05, 3.63) is 41.2 Å². The molecule has 2 heterocycles. The fourth-order valence-corrected chi connectivity index (χ4v) is 2.01. The van der Waals surface area contributed by atoms with E-state index < -0.39 is 0 Å². The lowest BCUT2D eigenvalue weighted by Gasteiger charge is -2.21. The van der Waals surface area contributed by atoms with Gasteiger partial charge in [0.05, 0.1) is 12.8 Å². The lowest BCUT2D eigenvalue weighted by Crippen LogP contribution is -2.23. The first-order valence-electron chi connectivity index (χ1n) is 6.61. The molecule has 0 radical (unpaired) electrons. The van der Waals surface area contributed by atoms with E-state index >= 15 is 0 Å². The van der Waals surface area contributed by atoms with E-state index in [1.165, 1.54) is 0 Å². The predicted molar refractivity (Wildman–Crippen MR) is 77.8 cm³/mol. The van der Waals surface area contributed by atoms with Crippen molar-refractivity contribution in [3.8, 4) is 0 Å². The molecule has 0 fully saturated rings. The molecule has 0 saturated carbocycles. The molecule has 6 heteroatoms. The van der Waals surface area contributed by atoms with Crippen molar-refractivity contribution in [1.82, 2.24) is 9.97 Å². The Morgan fingerprint density at radius 3 is 2.85 bits per heavy atom. The fraction of sp³-hybridized carbons (Fsp3) is 0.429. The second-order valence-electron chi connectivity index (χ2n) is 4.20. The summed E-state index contributed by atoms with van der Waals surface area (Å²) in [5.41, 5.74) is 0. The maximum absolute atomic E-state index is 6.06. The molecule has 0 unspecified atom stereocenters. The van der Waals surface area contributed by atoms with Gasteiger partial charge in [0.25, 0.3) is 0 Å². The van der Waals surface area contributed by atoms with E-state index in [9.17, 15) is 0 Å². The summed E-state index contributed by atoms with van der Waals surface area (Å²) in [6.07, 6.45) is 1.66. The van der Waals surface area contributed by atoms with Crippen molar-refractivity contribution in [2.75, 3.05) is 18.1 Å². The fourth-order valence-electron chi connectivity index (χ4n) is 1.82. The minimum absolute atomic E-state index is 0.363. The highest BCUT2D eigenvalue weighted by molar-refractivity contribution is 6.29. The van der Waals surface area contributed by atoms with E-state index in [0.717, 1.165) is 18.1 Å². The highest BCUT2D eigenvalue weighted by atomic mass is 35.5. The third-order valence-electron chi connectivity index (χ3n) is 2.80. The number of nitrogens with zero attached hydrogens (tertiary/aromatic N) is 3. The molecule has 0 N–H and O–H groups in total. The predicted octanol–water partition coefficient (Wildman–Crippen LogP) is 3.29. The van der Waals surface area contributed by atoms with Crippen molar-refractivity contribution in [3.63, 3.8) is 0 Å². The highest BCUT2D eigenvalue weighted by Crippen LogP contribution is 2.19. The molecule has 0 atom stereocenters. The van der Waals surface area contributed by atoms with Gasteiger partial charge in [-0.1, -0.05) is 11.6 Å². The standard InChI is InChI=1S/C14H18ClN3O2/c1-3-18(9-11-6-5-7-20-11)14-8-12(15)16-13(17-14)10-19-4-2/h5-8H,3-4,9-10H2,1-2H3. The zero-order valence-corrected chi connectivity index (χ0v) is 12.4. The summed E-state index contributed by atoms with van der Waals surface area (Å²) in [6.45, 7) is 6.41. The minimum atomic E-state index is 0.363. The minimum Gasteiger partial charge on any atom is -0.467 e. The normalized spacial score (nSPS) is 10.8. The van der Waals surface area contributed by atoms with Gasteiger partial charge in [-0.25, -0.2) is 9.97 Å². The Labute approximate surface area is 123 Å². The maximum Gasteiger partial charge on any atom is 0.158 e. The van der Waals surface area contributed by atoms with Gasteiger partial charge in [0, 0.05) is 19.2 Å².